The van der Waals surface area contributed by atoms with E-state index in [0.29, 0.717) is 24.0 Å². The summed E-state index contributed by atoms with van der Waals surface area (Å²) in [4.78, 5) is 38.5. The molecular weight excluding hydrogens is 458 g/mol. The zero-order valence-electron chi connectivity index (χ0n) is 21.3. The number of rotatable bonds is 7. The molecule has 2 aromatic carbocycles. The first-order valence-corrected chi connectivity index (χ1v) is 12.0. The molecule has 2 aromatic rings. The van der Waals surface area contributed by atoms with Crippen molar-refractivity contribution < 1.29 is 19.1 Å². The molecule has 0 aliphatic carbocycles. The van der Waals surface area contributed by atoms with E-state index in [2.05, 4.69) is 4.90 Å². The summed E-state index contributed by atoms with van der Waals surface area (Å²) in [7, 11) is 4.96. The van der Waals surface area contributed by atoms with Gasteiger partial charge in [-0.15, -0.1) is 0 Å². The molecule has 0 saturated carbocycles. The summed E-state index contributed by atoms with van der Waals surface area (Å²) in [5.41, 5.74) is 4.12. The summed E-state index contributed by atoms with van der Waals surface area (Å²) in [5.74, 6) is 1.85. The number of nitrogens with zero attached hydrogens (tertiary/aromatic N) is 5. The number of amides is 3. The van der Waals surface area contributed by atoms with Crippen LogP contribution in [-0.4, -0.2) is 77.5 Å². The van der Waals surface area contributed by atoms with Gasteiger partial charge in [0, 0.05) is 25.5 Å². The number of imide groups is 1. The fourth-order valence-corrected chi connectivity index (χ4v) is 5.09. The number of aryl methyl sites for hydroxylation is 1. The lowest BCUT2D eigenvalue weighted by Gasteiger charge is -2.40. The first-order chi connectivity index (χ1) is 17.3. The number of ether oxygens (including phenoxy) is 2. The van der Waals surface area contributed by atoms with Crippen molar-refractivity contribution >= 4 is 17.9 Å². The Hall–Kier alpha value is -4.01. The van der Waals surface area contributed by atoms with Crippen LogP contribution in [0.15, 0.2) is 59.4 Å². The highest BCUT2D eigenvalue weighted by molar-refractivity contribution is 6.04. The first-order valence-electron chi connectivity index (χ1n) is 12.0. The van der Waals surface area contributed by atoms with Crippen LogP contribution in [0.2, 0.25) is 0 Å². The van der Waals surface area contributed by atoms with Crippen LogP contribution in [0.3, 0.4) is 0 Å². The molecule has 9 nitrogen and oxygen atoms in total. The number of guanidine groups is 1. The Labute approximate surface area is 211 Å². The van der Waals surface area contributed by atoms with E-state index in [1.165, 1.54) is 4.90 Å². The summed E-state index contributed by atoms with van der Waals surface area (Å²) >= 11 is 0. The summed E-state index contributed by atoms with van der Waals surface area (Å²) in [6, 6.07) is 12.9. The minimum atomic E-state index is -0.575. The second-order valence-corrected chi connectivity index (χ2v) is 9.36. The monoisotopic (exact) mass is 489 g/mol. The SMILES string of the molecule is COc1ccc(CCN2C(C)=CN3C2=NC2C3C(=O)N(Cc3cccc(C)c3)C(=O)N2C)cc1OC. The Balaban J connectivity index is 1.35. The van der Waals surface area contributed by atoms with E-state index in [-0.39, 0.29) is 18.5 Å². The summed E-state index contributed by atoms with van der Waals surface area (Å²) in [6.07, 6.45) is 2.15. The number of hydrogen-bond acceptors (Lipinski definition) is 7. The average molecular weight is 490 g/mol. The molecule has 3 aliphatic heterocycles. The average Bonchev–Trinajstić information content (AvgIpc) is 3.38. The van der Waals surface area contributed by atoms with E-state index in [0.717, 1.165) is 28.8 Å². The lowest BCUT2D eigenvalue weighted by molar-refractivity contribution is -0.137. The van der Waals surface area contributed by atoms with Gasteiger partial charge in [-0.3, -0.25) is 9.69 Å². The van der Waals surface area contributed by atoms with Gasteiger partial charge in [-0.1, -0.05) is 35.9 Å². The number of carbonyl (C=O) groups is 2. The van der Waals surface area contributed by atoms with E-state index in [9.17, 15) is 9.59 Å². The third-order valence-corrected chi connectivity index (χ3v) is 7.00. The van der Waals surface area contributed by atoms with Crippen molar-refractivity contribution in [3.05, 3.63) is 71.1 Å². The van der Waals surface area contributed by atoms with E-state index in [1.807, 2.05) is 67.4 Å². The van der Waals surface area contributed by atoms with Crippen LogP contribution in [0.25, 0.3) is 0 Å². The van der Waals surface area contributed by atoms with Gasteiger partial charge in [-0.25, -0.2) is 9.79 Å². The summed E-state index contributed by atoms with van der Waals surface area (Å²) in [5, 5.41) is 0. The maximum absolute atomic E-state index is 13.6. The standard InChI is InChI=1S/C27H31N5O4/c1-17-7-6-8-20(13-17)16-32-25(33)23-24(29(3)27(32)34)28-26-30(18(2)15-31(23)26)12-11-19-9-10-21(35-4)22(14-19)36-5/h6-10,13-15,23-24H,11-12,16H2,1-5H3. The molecule has 1 fully saturated rings. The number of hydrogen-bond donors (Lipinski definition) is 0. The Morgan fingerprint density at radius 3 is 2.44 bits per heavy atom. The Morgan fingerprint density at radius 2 is 1.72 bits per heavy atom. The molecule has 2 unspecified atom stereocenters. The van der Waals surface area contributed by atoms with Gasteiger partial charge in [0.2, 0.25) is 5.96 Å². The molecule has 3 heterocycles. The second-order valence-electron chi connectivity index (χ2n) is 9.36. The second kappa shape index (κ2) is 9.22. The van der Waals surface area contributed by atoms with E-state index >= 15 is 0 Å². The number of aliphatic imine (C=N–C) groups is 1. The summed E-state index contributed by atoms with van der Waals surface area (Å²) in [6.45, 7) is 4.92. The van der Waals surface area contributed by atoms with Crippen molar-refractivity contribution in [3.8, 4) is 11.5 Å². The van der Waals surface area contributed by atoms with Crippen molar-refractivity contribution in [1.82, 2.24) is 19.6 Å². The Morgan fingerprint density at radius 1 is 0.944 bits per heavy atom. The lowest BCUT2D eigenvalue weighted by atomic mass is 10.1. The van der Waals surface area contributed by atoms with Gasteiger partial charge in [0.1, 0.15) is 0 Å². The fraction of sp³-hybridized carbons (Fsp3) is 0.370. The van der Waals surface area contributed by atoms with Gasteiger partial charge in [0.15, 0.2) is 23.7 Å². The molecule has 36 heavy (non-hydrogen) atoms. The number of fused-ring (bicyclic) bond motifs is 3. The molecule has 188 valence electrons. The van der Waals surface area contributed by atoms with E-state index in [4.69, 9.17) is 14.5 Å². The molecule has 3 amide bonds. The number of allylic oxidation sites excluding steroid dienone is 1. The third kappa shape index (κ3) is 3.94. The van der Waals surface area contributed by atoms with E-state index < -0.39 is 12.2 Å². The molecule has 1 saturated heterocycles. The van der Waals surface area contributed by atoms with E-state index in [1.54, 1.807) is 26.2 Å². The predicted octanol–water partition coefficient (Wildman–Crippen LogP) is 3.19. The quantitative estimate of drug-likeness (QED) is 0.595. The highest BCUT2D eigenvalue weighted by atomic mass is 16.5. The molecular formula is C27H31N5O4. The first kappa shape index (κ1) is 23.7. The third-order valence-electron chi connectivity index (χ3n) is 7.00. The van der Waals surface area contributed by atoms with Crippen LogP contribution in [0.5, 0.6) is 11.5 Å². The van der Waals surface area contributed by atoms with Gasteiger partial charge in [-0.2, -0.15) is 0 Å². The topological polar surface area (TPSA) is 77.9 Å². The molecule has 0 radical (unpaired) electrons. The maximum Gasteiger partial charge on any atom is 0.328 e. The molecule has 0 aromatic heterocycles. The van der Waals surface area contributed by atoms with Gasteiger partial charge in [0.25, 0.3) is 5.91 Å². The van der Waals surface area contributed by atoms with Crippen molar-refractivity contribution in [2.45, 2.75) is 39.0 Å². The molecule has 5 rings (SSSR count). The number of carbonyl (C=O) groups excluding carboxylic acids is 2. The predicted molar refractivity (Wildman–Crippen MR) is 135 cm³/mol. The van der Waals surface area contributed by atoms with Gasteiger partial charge < -0.3 is 24.2 Å². The number of benzene rings is 2. The van der Waals surface area contributed by atoms with Crippen molar-refractivity contribution in [2.75, 3.05) is 27.8 Å². The van der Waals surface area contributed by atoms with Gasteiger partial charge in [-0.05, 0) is 43.5 Å². The number of methoxy groups -OCH3 is 2. The van der Waals surface area contributed by atoms with Gasteiger partial charge >= 0.3 is 6.03 Å². The molecule has 0 bridgehead atoms. The van der Waals surface area contributed by atoms with Crippen LogP contribution in [0.4, 0.5) is 4.79 Å². The molecule has 2 atom stereocenters. The highest BCUT2D eigenvalue weighted by Crippen LogP contribution is 2.35. The van der Waals surface area contributed by atoms with Crippen LogP contribution in [0.1, 0.15) is 23.6 Å². The molecule has 3 aliphatic rings. The number of likely N-dealkylation sites (N-methyl/N-ethyl adjacent to an activating group) is 1. The smallest absolute Gasteiger partial charge is 0.328 e. The largest absolute Gasteiger partial charge is 0.493 e. The zero-order valence-corrected chi connectivity index (χ0v) is 21.3. The van der Waals surface area contributed by atoms with Crippen molar-refractivity contribution in [2.24, 2.45) is 4.99 Å². The maximum atomic E-state index is 13.6. The minimum absolute atomic E-state index is 0.228. The summed E-state index contributed by atoms with van der Waals surface area (Å²) < 4.78 is 10.8. The van der Waals surface area contributed by atoms with Crippen molar-refractivity contribution in [3.63, 3.8) is 0 Å². The number of urea groups is 1. The lowest BCUT2D eigenvalue weighted by Crippen LogP contribution is -2.63. The van der Waals surface area contributed by atoms with Crippen LogP contribution in [-0.2, 0) is 17.8 Å². The zero-order chi connectivity index (χ0) is 25.6. The fourth-order valence-electron chi connectivity index (χ4n) is 5.09. The van der Waals surface area contributed by atoms with Crippen LogP contribution >= 0.6 is 0 Å². The van der Waals surface area contributed by atoms with Gasteiger partial charge in [0.05, 0.1) is 20.8 Å². The van der Waals surface area contributed by atoms with Crippen molar-refractivity contribution in [1.29, 1.82) is 0 Å². The molecule has 0 spiro atoms. The Bertz CT molecular complexity index is 1270. The molecule has 9 heteroatoms. The van der Waals surface area contributed by atoms with Crippen LogP contribution < -0.4 is 9.47 Å². The Kier molecular flexibility index (Phi) is 6.07. The highest BCUT2D eigenvalue weighted by Gasteiger charge is 2.54. The normalized spacial score (nSPS) is 20.9. The van der Waals surface area contributed by atoms with Crippen LogP contribution in [0, 0.1) is 6.92 Å². The minimum Gasteiger partial charge on any atom is -0.493 e. The molecule has 0 N–H and O–H groups in total.